The largest absolute Gasteiger partial charge is 0.358 e. The summed E-state index contributed by atoms with van der Waals surface area (Å²) in [6, 6.07) is 13.4. The van der Waals surface area contributed by atoms with Gasteiger partial charge in [-0.25, -0.2) is 9.37 Å². The Labute approximate surface area is 218 Å². The minimum absolute atomic E-state index is 0.177. The second kappa shape index (κ2) is 9.51. The number of hydrogen-bond donors (Lipinski definition) is 3. The minimum atomic E-state index is -0.503. The molecular formula is C29H25FN8. The zero-order chi connectivity index (χ0) is 26.2. The van der Waals surface area contributed by atoms with Gasteiger partial charge >= 0.3 is 0 Å². The summed E-state index contributed by atoms with van der Waals surface area (Å²) in [5.41, 5.74) is 6.38. The normalized spacial score (nSPS) is 12.2. The first-order valence-electron chi connectivity index (χ1n) is 12.4. The smallest absolute Gasteiger partial charge is 0.161 e. The number of allylic oxidation sites excluding steroid dienone is 1. The van der Waals surface area contributed by atoms with E-state index in [1.54, 1.807) is 24.8 Å². The number of rotatable bonds is 7. The van der Waals surface area contributed by atoms with Gasteiger partial charge in [-0.15, -0.1) is 0 Å². The molecule has 9 heteroatoms. The Balaban J connectivity index is 1.43. The van der Waals surface area contributed by atoms with Crippen molar-refractivity contribution in [1.82, 2.24) is 35.1 Å². The Morgan fingerprint density at radius 2 is 1.95 bits per heavy atom. The third-order valence-corrected chi connectivity index (χ3v) is 6.75. The van der Waals surface area contributed by atoms with Crippen LogP contribution in [-0.2, 0) is 0 Å². The van der Waals surface area contributed by atoms with Crippen molar-refractivity contribution in [2.24, 2.45) is 5.92 Å². The topological polar surface area (TPSA) is 108 Å². The predicted octanol–water partition coefficient (Wildman–Crippen LogP) is 6.74. The number of pyridine rings is 3. The van der Waals surface area contributed by atoms with Crippen LogP contribution < -0.4 is 5.32 Å². The number of hydrogen-bond acceptors (Lipinski definition) is 6. The Morgan fingerprint density at radius 1 is 1.05 bits per heavy atom. The molecule has 1 aromatic carbocycles. The average Bonchev–Trinajstić information content (AvgIpc) is 3.58. The first kappa shape index (κ1) is 23.5. The second-order valence-electron chi connectivity index (χ2n) is 9.21. The van der Waals surface area contributed by atoms with Gasteiger partial charge in [0.25, 0.3) is 0 Å². The van der Waals surface area contributed by atoms with E-state index >= 15 is 4.39 Å². The molecule has 0 aliphatic heterocycles. The van der Waals surface area contributed by atoms with E-state index in [1.807, 2.05) is 42.5 Å². The Morgan fingerprint density at radius 3 is 2.76 bits per heavy atom. The maximum absolute atomic E-state index is 16.1. The number of imidazole rings is 1. The van der Waals surface area contributed by atoms with Gasteiger partial charge in [0.15, 0.2) is 11.6 Å². The Kier molecular flexibility index (Phi) is 5.88. The number of benzene rings is 1. The molecule has 1 atom stereocenters. The lowest BCUT2D eigenvalue weighted by Crippen LogP contribution is -2.07. The van der Waals surface area contributed by atoms with Crippen molar-refractivity contribution >= 4 is 27.6 Å². The predicted molar refractivity (Wildman–Crippen MR) is 148 cm³/mol. The second-order valence-corrected chi connectivity index (χ2v) is 9.21. The van der Waals surface area contributed by atoms with Gasteiger partial charge in [-0.05, 0) is 36.6 Å². The van der Waals surface area contributed by atoms with Crippen LogP contribution >= 0.6 is 0 Å². The molecule has 6 rings (SSSR count). The van der Waals surface area contributed by atoms with Crippen LogP contribution in [-0.4, -0.2) is 35.1 Å². The third-order valence-electron chi connectivity index (χ3n) is 6.75. The molecule has 0 radical (unpaired) electrons. The number of anilines is 1. The standard InChI is InChI=1S/C29H25FN8/c1-4-16(2)17(3)34-19-12-18(13-31-14-19)26-25(30)24-23(15-33-26)37-38-28(24)29-35-22-10-7-8-20(27(22)36-29)21-9-5-6-11-32-21/h5-16,34H,3-4H2,1-2H3,(H,35,36)(H,37,38). The molecule has 0 amide bonds. The fraction of sp³-hybridized carbons (Fsp3) is 0.138. The quantitative estimate of drug-likeness (QED) is 0.222. The first-order valence-corrected chi connectivity index (χ1v) is 12.4. The SMILES string of the molecule is C=C(Nc1cncc(-c2ncc3[nH]nc(-c4nc5c(-c6ccccn6)cccc5[nH]4)c3c2F)c1)C(C)CC. The summed E-state index contributed by atoms with van der Waals surface area (Å²) in [5, 5.41) is 10.9. The highest BCUT2D eigenvalue weighted by Gasteiger charge is 2.21. The Bertz CT molecular complexity index is 1790. The van der Waals surface area contributed by atoms with Gasteiger partial charge < -0.3 is 10.3 Å². The molecule has 0 aliphatic rings. The van der Waals surface area contributed by atoms with Crippen molar-refractivity contribution in [3.63, 3.8) is 0 Å². The maximum atomic E-state index is 16.1. The summed E-state index contributed by atoms with van der Waals surface area (Å²) in [6.07, 6.45) is 7.55. The first-order chi connectivity index (χ1) is 18.5. The number of para-hydroxylation sites is 1. The highest BCUT2D eigenvalue weighted by Crippen LogP contribution is 2.34. The van der Waals surface area contributed by atoms with Crippen LogP contribution in [0.25, 0.3) is 56.0 Å². The van der Waals surface area contributed by atoms with Crippen molar-refractivity contribution in [3.8, 4) is 34.0 Å². The highest BCUT2D eigenvalue weighted by molar-refractivity contribution is 5.97. The molecule has 0 spiro atoms. The fourth-order valence-corrected chi connectivity index (χ4v) is 4.41. The van der Waals surface area contributed by atoms with Crippen LogP contribution in [0.15, 0.2) is 79.5 Å². The van der Waals surface area contributed by atoms with Crippen molar-refractivity contribution in [3.05, 3.63) is 85.3 Å². The molecule has 5 heterocycles. The van der Waals surface area contributed by atoms with Gasteiger partial charge in [0.2, 0.25) is 0 Å². The molecule has 3 N–H and O–H groups in total. The van der Waals surface area contributed by atoms with Crippen molar-refractivity contribution in [1.29, 1.82) is 0 Å². The number of aromatic amines is 2. The summed E-state index contributed by atoms with van der Waals surface area (Å²) in [5.74, 6) is 0.237. The van der Waals surface area contributed by atoms with E-state index in [9.17, 15) is 0 Å². The lowest BCUT2D eigenvalue weighted by Gasteiger charge is -2.15. The molecule has 0 saturated carbocycles. The lowest BCUT2D eigenvalue weighted by atomic mass is 10.1. The zero-order valence-electron chi connectivity index (χ0n) is 21.0. The van der Waals surface area contributed by atoms with E-state index in [-0.39, 0.29) is 5.69 Å². The summed E-state index contributed by atoms with van der Waals surface area (Å²) in [6.45, 7) is 8.31. The molecule has 5 aromatic heterocycles. The molecular weight excluding hydrogens is 479 g/mol. The molecule has 0 saturated heterocycles. The maximum Gasteiger partial charge on any atom is 0.161 e. The van der Waals surface area contributed by atoms with E-state index < -0.39 is 5.82 Å². The van der Waals surface area contributed by atoms with Gasteiger partial charge in [-0.2, -0.15) is 5.10 Å². The van der Waals surface area contributed by atoms with E-state index in [2.05, 4.69) is 55.9 Å². The highest BCUT2D eigenvalue weighted by atomic mass is 19.1. The average molecular weight is 505 g/mol. The summed E-state index contributed by atoms with van der Waals surface area (Å²) in [7, 11) is 0. The number of halogens is 1. The minimum Gasteiger partial charge on any atom is -0.358 e. The lowest BCUT2D eigenvalue weighted by molar-refractivity contribution is 0.638. The molecule has 6 aromatic rings. The summed E-state index contributed by atoms with van der Waals surface area (Å²) >= 11 is 0. The molecule has 8 nitrogen and oxygen atoms in total. The monoisotopic (exact) mass is 504 g/mol. The van der Waals surface area contributed by atoms with Gasteiger partial charge in [0.1, 0.15) is 11.4 Å². The number of aromatic nitrogens is 7. The third kappa shape index (κ3) is 4.07. The summed E-state index contributed by atoms with van der Waals surface area (Å²) < 4.78 is 16.1. The molecule has 0 aliphatic carbocycles. The van der Waals surface area contributed by atoms with Gasteiger partial charge in [0.05, 0.1) is 45.7 Å². The number of H-pyrrole nitrogens is 2. The van der Waals surface area contributed by atoms with E-state index in [0.717, 1.165) is 40.1 Å². The van der Waals surface area contributed by atoms with Crippen LogP contribution in [0.2, 0.25) is 0 Å². The molecule has 0 bridgehead atoms. The van der Waals surface area contributed by atoms with Crippen molar-refractivity contribution < 1.29 is 4.39 Å². The van der Waals surface area contributed by atoms with E-state index in [1.165, 1.54) is 0 Å². The molecule has 188 valence electrons. The van der Waals surface area contributed by atoms with Crippen molar-refractivity contribution in [2.75, 3.05) is 5.32 Å². The number of nitrogens with one attached hydrogen (secondary N) is 3. The molecule has 0 fully saturated rings. The van der Waals surface area contributed by atoms with Crippen LogP contribution in [0.4, 0.5) is 10.1 Å². The number of fused-ring (bicyclic) bond motifs is 2. The fourth-order valence-electron chi connectivity index (χ4n) is 4.41. The van der Waals surface area contributed by atoms with Crippen molar-refractivity contribution in [2.45, 2.75) is 20.3 Å². The molecule has 38 heavy (non-hydrogen) atoms. The van der Waals surface area contributed by atoms with Gasteiger partial charge in [0, 0.05) is 29.2 Å². The van der Waals surface area contributed by atoms with Crippen LogP contribution in [0.1, 0.15) is 20.3 Å². The Hall–Kier alpha value is -4.92. The van der Waals surface area contributed by atoms with Crippen LogP contribution in [0.5, 0.6) is 0 Å². The van der Waals surface area contributed by atoms with Crippen LogP contribution in [0.3, 0.4) is 0 Å². The van der Waals surface area contributed by atoms with Gasteiger partial charge in [-0.1, -0.05) is 38.6 Å². The van der Waals surface area contributed by atoms with Crippen LogP contribution in [0, 0.1) is 11.7 Å². The van der Waals surface area contributed by atoms with E-state index in [4.69, 9.17) is 4.98 Å². The summed E-state index contributed by atoms with van der Waals surface area (Å²) in [4.78, 5) is 21.2. The number of nitrogens with zero attached hydrogens (tertiary/aromatic N) is 5. The van der Waals surface area contributed by atoms with E-state index in [0.29, 0.717) is 33.9 Å². The van der Waals surface area contributed by atoms with Gasteiger partial charge in [-0.3, -0.25) is 20.1 Å². The molecule has 1 unspecified atom stereocenters. The zero-order valence-corrected chi connectivity index (χ0v) is 21.0.